The highest BCUT2D eigenvalue weighted by Gasteiger charge is 2.33. The van der Waals surface area contributed by atoms with Gasteiger partial charge in [0.25, 0.3) is 0 Å². The van der Waals surface area contributed by atoms with E-state index in [0.717, 1.165) is 32.8 Å². The number of nitrogens with one attached hydrogen (secondary N) is 1. The van der Waals surface area contributed by atoms with E-state index in [9.17, 15) is 0 Å². The van der Waals surface area contributed by atoms with Crippen LogP contribution in [0.4, 0.5) is 0 Å². The van der Waals surface area contributed by atoms with Crippen molar-refractivity contribution in [3.05, 3.63) is 35.9 Å². The van der Waals surface area contributed by atoms with Crippen molar-refractivity contribution in [2.24, 2.45) is 0 Å². The van der Waals surface area contributed by atoms with Gasteiger partial charge in [0.2, 0.25) is 0 Å². The molecule has 104 valence electrons. The highest BCUT2D eigenvalue weighted by molar-refractivity contribution is 5.19. The van der Waals surface area contributed by atoms with Gasteiger partial charge in [0, 0.05) is 38.8 Å². The third-order valence-corrected chi connectivity index (χ3v) is 4.32. The average Bonchev–Trinajstić information content (AvgIpc) is 2.86. The molecule has 2 unspecified atom stereocenters. The molecule has 2 atom stereocenters. The Balaban J connectivity index is 1.62. The lowest BCUT2D eigenvalue weighted by molar-refractivity contribution is -0.0145. The summed E-state index contributed by atoms with van der Waals surface area (Å²) in [5, 5.41) is 3.62. The van der Waals surface area contributed by atoms with E-state index >= 15 is 0 Å². The zero-order chi connectivity index (χ0) is 13.1. The maximum absolute atomic E-state index is 5.92. The van der Waals surface area contributed by atoms with Gasteiger partial charge in [0.05, 0.1) is 5.60 Å². The zero-order valence-electron chi connectivity index (χ0n) is 11.8. The van der Waals surface area contributed by atoms with Crippen molar-refractivity contribution in [3.8, 4) is 0 Å². The van der Waals surface area contributed by atoms with Crippen LogP contribution in [0, 0.1) is 0 Å². The molecule has 1 N–H and O–H groups in total. The minimum Gasteiger partial charge on any atom is -0.374 e. The maximum atomic E-state index is 5.92. The van der Waals surface area contributed by atoms with Crippen LogP contribution in [0.15, 0.2) is 30.3 Å². The summed E-state index contributed by atoms with van der Waals surface area (Å²) in [4.78, 5) is 2.56. The molecule has 1 aromatic carbocycles. The topological polar surface area (TPSA) is 24.5 Å². The van der Waals surface area contributed by atoms with Gasteiger partial charge in [-0.25, -0.2) is 0 Å². The summed E-state index contributed by atoms with van der Waals surface area (Å²) in [6.07, 6.45) is 2.41. The molecule has 1 aromatic rings. The van der Waals surface area contributed by atoms with Crippen molar-refractivity contribution in [1.82, 2.24) is 10.2 Å². The van der Waals surface area contributed by atoms with Crippen LogP contribution < -0.4 is 5.32 Å². The Hall–Kier alpha value is -0.900. The first-order valence-corrected chi connectivity index (χ1v) is 7.40. The van der Waals surface area contributed by atoms with Crippen LogP contribution >= 0.6 is 0 Å². The lowest BCUT2D eigenvalue weighted by atomic mass is 9.99. The fourth-order valence-electron chi connectivity index (χ4n) is 3.30. The monoisotopic (exact) mass is 260 g/mol. The minimum absolute atomic E-state index is 0.0819. The maximum Gasteiger partial charge on any atom is 0.0781 e. The quantitative estimate of drug-likeness (QED) is 0.901. The van der Waals surface area contributed by atoms with Crippen molar-refractivity contribution in [1.29, 1.82) is 0 Å². The molecule has 3 heteroatoms. The number of hydrogen-bond donors (Lipinski definition) is 1. The molecule has 0 radical (unpaired) electrons. The number of benzene rings is 1. The van der Waals surface area contributed by atoms with Gasteiger partial charge in [-0.05, 0) is 25.3 Å². The van der Waals surface area contributed by atoms with Crippen molar-refractivity contribution in [2.45, 2.75) is 31.4 Å². The molecule has 2 fully saturated rings. The molecule has 3 nitrogen and oxygen atoms in total. The highest BCUT2D eigenvalue weighted by atomic mass is 16.5. The van der Waals surface area contributed by atoms with Gasteiger partial charge in [0.15, 0.2) is 0 Å². The molecule has 19 heavy (non-hydrogen) atoms. The van der Waals surface area contributed by atoms with Crippen molar-refractivity contribution in [2.75, 3.05) is 32.8 Å². The smallest absolute Gasteiger partial charge is 0.0781 e. The molecule has 0 amide bonds. The van der Waals surface area contributed by atoms with E-state index in [-0.39, 0.29) is 5.60 Å². The first-order valence-electron chi connectivity index (χ1n) is 7.40. The van der Waals surface area contributed by atoms with E-state index in [4.69, 9.17) is 4.74 Å². The molecule has 2 heterocycles. The molecule has 2 aliphatic heterocycles. The van der Waals surface area contributed by atoms with Crippen LogP contribution in [0.25, 0.3) is 0 Å². The zero-order valence-corrected chi connectivity index (χ0v) is 11.8. The summed E-state index contributed by atoms with van der Waals surface area (Å²) in [5.41, 5.74) is 1.48. The lowest BCUT2D eigenvalue weighted by Crippen LogP contribution is -2.50. The Morgan fingerprint density at radius 2 is 2.21 bits per heavy atom. The highest BCUT2D eigenvalue weighted by Crippen LogP contribution is 2.27. The molecule has 2 aliphatic rings. The molecule has 0 bridgehead atoms. The van der Waals surface area contributed by atoms with Gasteiger partial charge in [0.1, 0.15) is 0 Å². The first kappa shape index (κ1) is 13.1. The fourth-order valence-corrected chi connectivity index (χ4v) is 3.30. The van der Waals surface area contributed by atoms with Gasteiger partial charge >= 0.3 is 0 Å². The summed E-state index contributed by atoms with van der Waals surface area (Å²) in [5.74, 6) is 0. The van der Waals surface area contributed by atoms with Gasteiger partial charge < -0.3 is 10.1 Å². The van der Waals surface area contributed by atoms with E-state index in [2.05, 4.69) is 47.5 Å². The molecule has 0 aliphatic carbocycles. The van der Waals surface area contributed by atoms with E-state index in [1.54, 1.807) is 0 Å². The van der Waals surface area contributed by atoms with Crippen LogP contribution in [-0.4, -0.2) is 43.3 Å². The Kier molecular flexibility index (Phi) is 3.87. The fraction of sp³-hybridized carbons (Fsp3) is 0.625. The van der Waals surface area contributed by atoms with Gasteiger partial charge in [-0.3, -0.25) is 4.90 Å². The molecule has 0 aromatic heterocycles. The Bertz CT molecular complexity index is 400. The summed E-state index contributed by atoms with van der Waals surface area (Å²) in [6.45, 7) is 7.54. The molecule has 2 saturated heterocycles. The van der Waals surface area contributed by atoms with Gasteiger partial charge in [-0.2, -0.15) is 0 Å². The minimum atomic E-state index is 0.0819. The van der Waals surface area contributed by atoms with E-state index in [0.29, 0.717) is 6.04 Å². The largest absolute Gasteiger partial charge is 0.374 e. The second-order valence-corrected chi connectivity index (χ2v) is 6.05. The summed E-state index contributed by atoms with van der Waals surface area (Å²) >= 11 is 0. The van der Waals surface area contributed by atoms with Gasteiger partial charge in [-0.15, -0.1) is 0 Å². The summed E-state index contributed by atoms with van der Waals surface area (Å²) in [6, 6.07) is 11.2. The summed E-state index contributed by atoms with van der Waals surface area (Å²) in [7, 11) is 0. The van der Waals surface area contributed by atoms with E-state index < -0.39 is 0 Å². The lowest BCUT2D eigenvalue weighted by Gasteiger charge is -2.38. The molecule has 3 rings (SSSR count). The van der Waals surface area contributed by atoms with Crippen LogP contribution in [0.2, 0.25) is 0 Å². The number of rotatable bonds is 3. The molecule has 0 saturated carbocycles. The number of ether oxygens (including phenoxy) is 1. The van der Waals surface area contributed by atoms with Crippen LogP contribution in [0.3, 0.4) is 0 Å². The van der Waals surface area contributed by atoms with E-state index in [1.165, 1.54) is 18.4 Å². The Morgan fingerprint density at radius 1 is 1.37 bits per heavy atom. The molecular formula is C16H24N2O. The van der Waals surface area contributed by atoms with E-state index in [1.807, 2.05) is 0 Å². The van der Waals surface area contributed by atoms with Crippen molar-refractivity contribution >= 4 is 0 Å². The average molecular weight is 260 g/mol. The third kappa shape index (κ3) is 3.16. The number of hydrogen-bond acceptors (Lipinski definition) is 3. The second-order valence-electron chi connectivity index (χ2n) is 6.05. The number of nitrogens with zero attached hydrogens (tertiary/aromatic N) is 1. The van der Waals surface area contributed by atoms with Gasteiger partial charge in [-0.1, -0.05) is 30.3 Å². The first-order chi connectivity index (χ1) is 9.25. The Labute approximate surface area is 115 Å². The summed E-state index contributed by atoms with van der Waals surface area (Å²) < 4.78 is 5.92. The number of piperazine rings is 1. The predicted octanol–water partition coefficient (Wildman–Crippen LogP) is 2.20. The van der Waals surface area contributed by atoms with Crippen LogP contribution in [0.5, 0.6) is 0 Å². The SMILES string of the molecule is CC1(CN2CCNC(c3ccccc3)C2)CCCO1. The van der Waals surface area contributed by atoms with Crippen molar-refractivity contribution in [3.63, 3.8) is 0 Å². The Morgan fingerprint density at radius 3 is 2.95 bits per heavy atom. The molecular weight excluding hydrogens is 236 g/mol. The second kappa shape index (κ2) is 5.61. The molecule has 0 spiro atoms. The standard InChI is InChI=1S/C16H24N2O/c1-16(8-5-11-19-16)13-18-10-9-17-15(12-18)14-6-3-2-4-7-14/h2-4,6-7,15,17H,5,8-13H2,1H3. The third-order valence-electron chi connectivity index (χ3n) is 4.32. The predicted molar refractivity (Wildman–Crippen MR) is 77.2 cm³/mol. The normalized spacial score (nSPS) is 32.6. The van der Waals surface area contributed by atoms with Crippen molar-refractivity contribution < 1.29 is 4.74 Å². The van der Waals surface area contributed by atoms with Crippen LogP contribution in [-0.2, 0) is 4.74 Å². The van der Waals surface area contributed by atoms with Crippen LogP contribution in [0.1, 0.15) is 31.4 Å².